The van der Waals surface area contributed by atoms with E-state index in [0.29, 0.717) is 29.5 Å². The lowest BCUT2D eigenvalue weighted by Gasteiger charge is -2.10. The van der Waals surface area contributed by atoms with Gasteiger partial charge in [0.2, 0.25) is 0 Å². The molecule has 2 aromatic carbocycles. The van der Waals surface area contributed by atoms with Crippen LogP contribution in [0.4, 0.5) is 0 Å². The lowest BCUT2D eigenvalue weighted by molar-refractivity contribution is 0.0953. The van der Waals surface area contributed by atoms with Gasteiger partial charge in [-0.1, -0.05) is 35.5 Å². The van der Waals surface area contributed by atoms with Crippen molar-refractivity contribution in [1.29, 1.82) is 0 Å². The Kier molecular flexibility index (Phi) is 9.27. The molecule has 2 aromatic rings. The van der Waals surface area contributed by atoms with Crippen molar-refractivity contribution in [2.24, 2.45) is 5.84 Å². The van der Waals surface area contributed by atoms with Crippen molar-refractivity contribution in [3.05, 3.63) is 58.6 Å². The van der Waals surface area contributed by atoms with Crippen molar-refractivity contribution in [1.82, 2.24) is 5.43 Å². The Balaban J connectivity index is 0.00000139. The molecule has 5 nitrogen and oxygen atoms in total. The molecular weight excluding hydrogens is 367 g/mol. The summed E-state index contributed by atoms with van der Waals surface area (Å²) in [7, 11) is 2.56. The molecule has 0 aliphatic rings. The highest BCUT2D eigenvalue weighted by Crippen LogP contribution is 2.26. The monoisotopic (exact) mass is 384 g/mol. The Labute approximate surface area is 153 Å². The highest BCUT2D eigenvalue weighted by atomic mass is 35.5. The molecule has 3 N–H and O–H groups in total. The Morgan fingerprint density at radius 1 is 1.21 bits per heavy atom. The fraction of sp³-hybridized carbons (Fsp3) is 0.188. The fourth-order valence-corrected chi connectivity index (χ4v) is 2.09. The van der Waals surface area contributed by atoms with Gasteiger partial charge in [0.05, 0.1) is 11.6 Å². The molecule has 0 bridgehead atoms. The summed E-state index contributed by atoms with van der Waals surface area (Å²) >= 11 is 9.99. The molecule has 2 rings (SSSR count). The van der Waals surface area contributed by atoms with Crippen LogP contribution in [-0.4, -0.2) is 12.5 Å². The van der Waals surface area contributed by atoms with E-state index in [1.807, 2.05) is 31.2 Å². The predicted molar refractivity (Wildman–Crippen MR) is 101 cm³/mol. The molecular formula is C16H18ClN2O3PS. The lowest BCUT2D eigenvalue weighted by Crippen LogP contribution is -2.29. The van der Waals surface area contributed by atoms with Crippen LogP contribution in [0.1, 0.15) is 22.8 Å². The number of carbonyl (C=O) groups excluding carboxylic acids is 1. The smallest absolute Gasteiger partial charge is 0.265 e. The maximum atomic E-state index is 11.4. The molecule has 0 fully saturated rings. The number of nitrogens with two attached hydrogens (primary N) is 1. The van der Waals surface area contributed by atoms with Crippen LogP contribution in [0, 0.1) is 0 Å². The molecule has 24 heavy (non-hydrogen) atoms. The Morgan fingerprint density at radius 2 is 1.88 bits per heavy atom. The van der Waals surface area contributed by atoms with E-state index in [4.69, 9.17) is 26.9 Å². The molecule has 0 aliphatic heterocycles. The van der Waals surface area contributed by atoms with Crippen molar-refractivity contribution < 1.29 is 14.3 Å². The second-order valence-electron chi connectivity index (χ2n) is 4.48. The Bertz CT molecular complexity index is 671. The molecule has 0 atom stereocenters. The summed E-state index contributed by atoms with van der Waals surface area (Å²) in [5.41, 5.74) is 3.42. The number of carbonyl (C=O) groups is 1. The first-order valence-corrected chi connectivity index (χ1v) is 9.00. The summed E-state index contributed by atoms with van der Waals surface area (Å²) in [6.45, 7) is 2.94. The van der Waals surface area contributed by atoms with Gasteiger partial charge in [-0.25, -0.2) is 5.84 Å². The first-order chi connectivity index (χ1) is 11.6. The second-order valence-corrected chi connectivity index (χ2v) is 4.89. The number of benzene rings is 2. The average Bonchev–Trinajstić information content (AvgIpc) is 2.63. The molecule has 0 radical (unpaired) electrons. The summed E-state index contributed by atoms with van der Waals surface area (Å²) in [5, 5.41) is 0.354. The van der Waals surface area contributed by atoms with Gasteiger partial charge in [0, 0.05) is 5.56 Å². The zero-order valence-corrected chi connectivity index (χ0v) is 15.6. The number of hydrogen-bond donors (Lipinski definition) is 2. The number of hydrogen-bond acceptors (Lipinski definition) is 5. The summed E-state index contributed by atoms with van der Waals surface area (Å²) < 4.78 is 11.0. The third-order valence-corrected chi connectivity index (χ3v) is 3.25. The number of amides is 1. The van der Waals surface area contributed by atoms with Gasteiger partial charge < -0.3 is 9.47 Å². The minimum absolute atomic E-state index is 0.354. The highest BCUT2D eigenvalue weighted by Gasteiger charge is 2.08. The van der Waals surface area contributed by atoms with Crippen LogP contribution in [-0.2, 0) is 18.4 Å². The zero-order chi connectivity index (χ0) is 17.9. The van der Waals surface area contributed by atoms with Crippen molar-refractivity contribution in [3.8, 4) is 11.5 Å². The van der Waals surface area contributed by atoms with Crippen molar-refractivity contribution in [2.75, 3.05) is 6.61 Å². The second kappa shape index (κ2) is 10.9. The molecule has 1 amide bonds. The normalized spacial score (nSPS) is 9.46. The SMILES string of the molecule is CCOc1ccc(COc2ccc(C(=O)NN)cc2Cl)cc1.P=S. The molecule has 0 aliphatic carbocycles. The van der Waals surface area contributed by atoms with Crippen LogP contribution in [0.2, 0.25) is 5.02 Å². The molecule has 8 heteroatoms. The number of rotatable bonds is 6. The highest BCUT2D eigenvalue weighted by molar-refractivity contribution is 7.88. The average molecular weight is 385 g/mol. The minimum atomic E-state index is -0.403. The first-order valence-electron chi connectivity index (χ1n) is 6.99. The first kappa shape index (κ1) is 20.3. The number of halogens is 1. The van der Waals surface area contributed by atoms with E-state index in [1.165, 1.54) is 6.07 Å². The molecule has 0 spiro atoms. The van der Waals surface area contributed by atoms with Crippen LogP contribution >= 0.6 is 19.6 Å². The minimum Gasteiger partial charge on any atom is -0.494 e. The van der Waals surface area contributed by atoms with Crippen molar-refractivity contribution >= 4 is 37.3 Å². The molecule has 0 heterocycles. The summed E-state index contributed by atoms with van der Waals surface area (Å²) in [6, 6.07) is 12.4. The van der Waals surface area contributed by atoms with E-state index in [0.717, 1.165) is 11.3 Å². The number of hydrazine groups is 1. The molecule has 0 saturated heterocycles. The molecule has 0 aromatic heterocycles. The topological polar surface area (TPSA) is 73.6 Å². The van der Waals surface area contributed by atoms with Gasteiger partial charge in [0.15, 0.2) is 0 Å². The van der Waals surface area contributed by atoms with E-state index in [2.05, 4.69) is 25.2 Å². The van der Waals surface area contributed by atoms with Gasteiger partial charge in [0.1, 0.15) is 18.1 Å². The van der Waals surface area contributed by atoms with E-state index in [9.17, 15) is 4.79 Å². The van der Waals surface area contributed by atoms with Gasteiger partial charge in [-0.05, 0) is 50.8 Å². The van der Waals surface area contributed by atoms with E-state index < -0.39 is 5.91 Å². The van der Waals surface area contributed by atoms with Crippen LogP contribution in [0.25, 0.3) is 0 Å². The van der Waals surface area contributed by atoms with Gasteiger partial charge in [0.25, 0.3) is 5.91 Å². The molecule has 128 valence electrons. The van der Waals surface area contributed by atoms with E-state index in [-0.39, 0.29) is 0 Å². The summed E-state index contributed by atoms with van der Waals surface area (Å²) in [5.74, 6) is 6.00. The van der Waals surface area contributed by atoms with Gasteiger partial charge >= 0.3 is 0 Å². The zero-order valence-electron chi connectivity index (χ0n) is 13.0. The maximum absolute atomic E-state index is 11.4. The summed E-state index contributed by atoms with van der Waals surface area (Å²) in [4.78, 5) is 11.4. The van der Waals surface area contributed by atoms with Crippen LogP contribution in [0.3, 0.4) is 0 Å². The largest absolute Gasteiger partial charge is 0.494 e. The predicted octanol–water partition coefficient (Wildman–Crippen LogP) is 3.51. The van der Waals surface area contributed by atoms with Crippen molar-refractivity contribution in [3.63, 3.8) is 0 Å². The quantitative estimate of drug-likeness (QED) is 0.345. The van der Waals surface area contributed by atoms with Crippen LogP contribution in [0.15, 0.2) is 42.5 Å². The molecule has 0 unspecified atom stereocenters. The number of ether oxygens (including phenoxy) is 2. The third kappa shape index (κ3) is 6.06. The number of nitrogen functional groups attached to an aromatic ring is 1. The number of nitrogens with one attached hydrogen (secondary N) is 1. The van der Waals surface area contributed by atoms with E-state index in [1.54, 1.807) is 12.1 Å². The van der Waals surface area contributed by atoms with Crippen LogP contribution < -0.4 is 20.7 Å². The lowest BCUT2D eigenvalue weighted by atomic mass is 10.2. The van der Waals surface area contributed by atoms with Crippen molar-refractivity contribution in [2.45, 2.75) is 13.5 Å². The van der Waals surface area contributed by atoms with Gasteiger partial charge in [-0.15, -0.1) is 0 Å². The molecule has 0 saturated carbocycles. The fourth-order valence-electron chi connectivity index (χ4n) is 1.85. The maximum Gasteiger partial charge on any atom is 0.265 e. The Morgan fingerprint density at radius 3 is 2.42 bits per heavy atom. The van der Waals surface area contributed by atoms with Gasteiger partial charge in [-0.2, -0.15) is 0 Å². The summed E-state index contributed by atoms with van der Waals surface area (Å²) in [6.07, 6.45) is 0. The third-order valence-electron chi connectivity index (χ3n) is 2.95. The van der Waals surface area contributed by atoms with E-state index >= 15 is 0 Å². The Hall–Kier alpha value is -1.72. The van der Waals surface area contributed by atoms with Crippen LogP contribution in [0.5, 0.6) is 11.5 Å². The van der Waals surface area contributed by atoms with Gasteiger partial charge in [-0.3, -0.25) is 10.2 Å². The standard InChI is InChI=1S/C16H17ClN2O3.HPS/c1-2-21-13-6-3-11(4-7-13)10-22-15-8-5-12(9-14(15)17)16(20)19-18;1-2/h3-9H,2,10,18H2,1H3,(H,19,20);1H.